The van der Waals surface area contributed by atoms with E-state index in [0.717, 1.165) is 50.9 Å². The topological polar surface area (TPSA) is 16.4 Å². The highest BCUT2D eigenvalue weighted by Crippen LogP contribution is 2.51. The van der Waals surface area contributed by atoms with E-state index in [9.17, 15) is 0 Å². The van der Waals surface area contributed by atoms with Crippen LogP contribution in [-0.2, 0) is 0 Å². The minimum Gasteiger partial charge on any atom is -0.456 e. The largest absolute Gasteiger partial charge is 0.456 e. The SMILES string of the molecule is C1=Cc2cccc(-c3ccccc3N(c3cccc(-c4cccc5c4sc4ccccc45)c3)c3ccccc3-c3cccc4oc5ccccc5c34)c2C(C2CCCCC2)C1. The molecule has 2 aromatic heterocycles. The second-order valence-corrected chi connectivity index (χ2v) is 18.0. The summed E-state index contributed by atoms with van der Waals surface area (Å²) in [5, 5.41) is 4.90. The molecule has 0 amide bonds. The van der Waals surface area contributed by atoms with Gasteiger partial charge in [0, 0.05) is 47.8 Å². The predicted octanol–water partition coefficient (Wildman–Crippen LogP) is 17.5. The molecule has 3 heteroatoms. The van der Waals surface area contributed by atoms with E-state index in [4.69, 9.17) is 4.42 Å². The van der Waals surface area contributed by atoms with Gasteiger partial charge >= 0.3 is 0 Å². The van der Waals surface area contributed by atoms with Crippen molar-refractivity contribution in [2.24, 2.45) is 5.92 Å². The number of nitrogens with zero attached hydrogens (tertiary/aromatic N) is 1. The number of para-hydroxylation sites is 3. The maximum absolute atomic E-state index is 6.48. The highest BCUT2D eigenvalue weighted by Gasteiger charge is 2.31. The number of hydrogen-bond acceptors (Lipinski definition) is 3. The Kier molecular flexibility index (Phi) is 8.96. The van der Waals surface area contributed by atoms with Gasteiger partial charge in [-0.1, -0.05) is 165 Å². The Hall–Kier alpha value is -6.68. The number of hydrogen-bond donors (Lipinski definition) is 0. The van der Waals surface area contributed by atoms with Gasteiger partial charge in [0.25, 0.3) is 0 Å². The molecule has 2 aliphatic rings. The number of thiophene rings is 1. The fourth-order valence-electron chi connectivity index (χ4n) is 10.8. The maximum atomic E-state index is 6.48. The van der Waals surface area contributed by atoms with Crippen molar-refractivity contribution in [3.05, 3.63) is 193 Å². The number of furan rings is 1. The van der Waals surface area contributed by atoms with E-state index in [0.29, 0.717) is 11.8 Å². The van der Waals surface area contributed by atoms with Gasteiger partial charge in [-0.2, -0.15) is 0 Å². The van der Waals surface area contributed by atoms with Crippen molar-refractivity contribution >= 4 is 76.6 Å². The summed E-state index contributed by atoms with van der Waals surface area (Å²) in [7, 11) is 0. The first kappa shape index (κ1) is 36.2. The van der Waals surface area contributed by atoms with Crippen LogP contribution in [0.4, 0.5) is 17.1 Å². The number of allylic oxidation sites excluding steroid dienone is 1. The fourth-order valence-corrected chi connectivity index (χ4v) is 12.0. The fraction of sp³-hybridized carbons (Fsp3) is 0.138. The van der Waals surface area contributed by atoms with Crippen molar-refractivity contribution in [3.63, 3.8) is 0 Å². The highest BCUT2D eigenvalue weighted by atomic mass is 32.1. The van der Waals surface area contributed by atoms with Crippen LogP contribution in [0.25, 0.3) is 81.6 Å². The lowest BCUT2D eigenvalue weighted by Gasteiger charge is -2.35. The lowest BCUT2D eigenvalue weighted by molar-refractivity contribution is 0.304. The van der Waals surface area contributed by atoms with Gasteiger partial charge in [0.2, 0.25) is 0 Å². The summed E-state index contributed by atoms with van der Waals surface area (Å²) in [4.78, 5) is 2.54. The average Bonchev–Trinajstić information content (AvgIpc) is 3.91. The Morgan fingerprint density at radius 1 is 0.508 bits per heavy atom. The molecular weight excluding hydrogens is 759 g/mol. The van der Waals surface area contributed by atoms with Crippen molar-refractivity contribution in [1.29, 1.82) is 0 Å². The summed E-state index contributed by atoms with van der Waals surface area (Å²) in [6, 6.07) is 64.9. The summed E-state index contributed by atoms with van der Waals surface area (Å²) in [5.74, 6) is 1.23. The Morgan fingerprint density at radius 3 is 2.02 bits per heavy atom. The average molecular weight is 804 g/mol. The van der Waals surface area contributed by atoms with Crippen LogP contribution in [-0.4, -0.2) is 0 Å². The first-order valence-electron chi connectivity index (χ1n) is 22.0. The van der Waals surface area contributed by atoms with E-state index < -0.39 is 0 Å². The maximum Gasteiger partial charge on any atom is 0.136 e. The van der Waals surface area contributed by atoms with Crippen molar-refractivity contribution < 1.29 is 4.42 Å². The Bertz CT molecular complexity index is 3300. The van der Waals surface area contributed by atoms with Crippen molar-refractivity contribution in [1.82, 2.24) is 0 Å². The summed E-state index contributed by atoms with van der Waals surface area (Å²) < 4.78 is 9.12. The zero-order valence-corrected chi connectivity index (χ0v) is 34.9. The van der Waals surface area contributed by atoms with Crippen LogP contribution in [0, 0.1) is 5.92 Å². The lowest BCUT2D eigenvalue weighted by atomic mass is 9.70. The molecule has 0 N–H and O–H groups in total. The third-order valence-electron chi connectivity index (χ3n) is 13.5. The third-order valence-corrected chi connectivity index (χ3v) is 14.7. The number of rotatable bonds is 7. The molecule has 1 atom stereocenters. The molecule has 2 heterocycles. The molecule has 0 spiro atoms. The molecule has 10 aromatic rings. The normalized spacial score (nSPS) is 15.5. The Labute approximate surface area is 361 Å². The molecule has 0 saturated heterocycles. The van der Waals surface area contributed by atoms with Gasteiger partial charge in [-0.05, 0) is 107 Å². The number of benzene rings is 8. The molecule has 1 saturated carbocycles. The predicted molar refractivity (Wildman–Crippen MR) is 261 cm³/mol. The monoisotopic (exact) mass is 803 g/mol. The molecular formula is C58H45NOS. The van der Waals surface area contributed by atoms with Crippen molar-refractivity contribution in [2.45, 2.75) is 44.4 Å². The van der Waals surface area contributed by atoms with E-state index in [-0.39, 0.29) is 0 Å². The quantitative estimate of drug-likeness (QED) is 0.160. The van der Waals surface area contributed by atoms with Gasteiger partial charge < -0.3 is 9.32 Å². The van der Waals surface area contributed by atoms with E-state index in [2.05, 4.69) is 193 Å². The van der Waals surface area contributed by atoms with Crippen LogP contribution in [0.5, 0.6) is 0 Å². The van der Waals surface area contributed by atoms with Gasteiger partial charge in [0.05, 0.1) is 11.4 Å². The molecule has 12 rings (SSSR count). The molecule has 0 bridgehead atoms. The van der Waals surface area contributed by atoms with Gasteiger partial charge in [0.1, 0.15) is 11.2 Å². The Balaban J connectivity index is 1.10. The molecule has 1 fully saturated rings. The first-order valence-corrected chi connectivity index (χ1v) is 22.8. The van der Waals surface area contributed by atoms with Crippen LogP contribution in [0.3, 0.4) is 0 Å². The smallest absolute Gasteiger partial charge is 0.136 e. The highest BCUT2D eigenvalue weighted by molar-refractivity contribution is 7.26. The zero-order valence-electron chi connectivity index (χ0n) is 34.1. The first-order chi connectivity index (χ1) is 30.3. The number of anilines is 3. The summed E-state index contributed by atoms with van der Waals surface area (Å²) in [5.41, 5.74) is 15.5. The number of fused-ring (bicyclic) bond motifs is 7. The van der Waals surface area contributed by atoms with Crippen LogP contribution in [0.15, 0.2) is 186 Å². The molecule has 8 aromatic carbocycles. The van der Waals surface area contributed by atoms with Crippen LogP contribution in [0.1, 0.15) is 55.6 Å². The molecule has 294 valence electrons. The second kappa shape index (κ2) is 15.1. The molecule has 0 radical (unpaired) electrons. The van der Waals surface area contributed by atoms with E-state index in [1.54, 1.807) is 0 Å². The molecule has 0 aliphatic heterocycles. The minimum atomic E-state index is 0.516. The Morgan fingerprint density at radius 2 is 1.15 bits per heavy atom. The van der Waals surface area contributed by atoms with Crippen molar-refractivity contribution in [3.8, 4) is 33.4 Å². The molecule has 2 aliphatic carbocycles. The second-order valence-electron chi connectivity index (χ2n) is 16.9. The van der Waals surface area contributed by atoms with E-state index in [1.807, 2.05) is 11.3 Å². The molecule has 61 heavy (non-hydrogen) atoms. The lowest BCUT2D eigenvalue weighted by Crippen LogP contribution is -2.19. The van der Waals surface area contributed by atoms with E-state index in [1.165, 1.54) is 91.3 Å². The summed E-state index contributed by atoms with van der Waals surface area (Å²) in [6.45, 7) is 0. The molecule has 1 unspecified atom stereocenters. The summed E-state index contributed by atoms with van der Waals surface area (Å²) >= 11 is 1.89. The van der Waals surface area contributed by atoms with Crippen LogP contribution >= 0.6 is 11.3 Å². The zero-order chi connectivity index (χ0) is 40.3. The van der Waals surface area contributed by atoms with Gasteiger partial charge in [-0.15, -0.1) is 11.3 Å². The minimum absolute atomic E-state index is 0.516. The van der Waals surface area contributed by atoms with Crippen molar-refractivity contribution in [2.75, 3.05) is 4.90 Å². The van der Waals surface area contributed by atoms with Crippen LogP contribution in [0.2, 0.25) is 0 Å². The van der Waals surface area contributed by atoms with E-state index >= 15 is 0 Å². The van der Waals surface area contributed by atoms with Crippen LogP contribution < -0.4 is 4.90 Å². The van der Waals surface area contributed by atoms with Gasteiger partial charge in [0.15, 0.2) is 0 Å². The summed E-state index contributed by atoms with van der Waals surface area (Å²) in [6.07, 6.45) is 12.6. The van der Waals surface area contributed by atoms with Gasteiger partial charge in [-0.25, -0.2) is 0 Å². The standard InChI is InChI=1S/C58H45NOS/c1-2-17-38(18-3-1)42-27-13-19-39-20-14-29-47(56(39)42)44-23-4-8-32-51(44)59(41-22-12-21-40(37-41)43-28-15-31-49-46-25-7-11-36-55(46)61-58(43)49)52-33-9-5-24-45(52)48-30-16-35-54-57(48)50-26-6-10-34-53(50)60-54/h4-16,19-26,28-38,42H,1-3,17-18,27H2. The molecule has 2 nitrogen and oxygen atoms in total. The van der Waals surface area contributed by atoms with Gasteiger partial charge in [-0.3, -0.25) is 0 Å². The third kappa shape index (κ3) is 6.13.